The molecule has 0 aliphatic carbocycles. The van der Waals surface area contributed by atoms with Gasteiger partial charge in [0, 0.05) is 17.6 Å². The fourth-order valence-corrected chi connectivity index (χ4v) is 5.36. The van der Waals surface area contributed by atoms with E-state index in [1.54, 1.807) is 12.1 Å². The van der Waals surface area contributed by atoms with Crippen LogP contribution in [0.5, 0.6) is 0 Å². The minimum Gasteiger partial charge on any atom is -0.323 e. The highest BCUT2D eigenvalue weighted by Gasteiger charge is 2.70. The number of rotatable bonds is 4. The summed E-state index contributed by atoms with van der Waals surface area (Å²) in [5.74, 6) is -1.70. The number of nitrogens with zero attached hydrogens (tertiary/aromatic N) is 1. The number of imide groups is 1. The van der Waals surface area contributed by atoms with Crippen molar-refractivity contribution in [3.63, 3.8) is 0 Å². The van der Waals surface area contributed by atoms with E-state index in [9.17, 15) is 14.4 Å². The fraction of sp³-hybridized carbons (Fsp3) is 0.571. The van der Waals surface area contributed by atoms with Crippen LogP contribution in [0.2, 0.25) is 5.02 Å². The number of amides is 3. The van der Waals surface area contributed by atoms with Gasteiger partial charge in [0.25, 0.3) is 0 Å². The lowest BCUT2D eigenvalue weighted by molar-refractivity contribution is -0.145. The first-order valence-corrected chi connectivity index (χ1v) is 10.4. The Bertz CT molecular complexity index is 870. The molecule has 1 spiro atoms. The molecule has 0 radical (unpaired) electrons. The Hall–Kier alpha value is -1.92. The summed E-state index contributed by atoms with van der Waals surface area (Å²) in [6.07, 6.45) is 1.39. The van der Waals surface area contributed by atoms with Crippen LogP contribution in [0.1, 0.15) is 46.1 Å². The van der Waals surface area contributed by atoms with Crippen molar-refractivity contribution in [1.82, 2.24) is 10.2 Å². The molecule has 1 aromatic rings. The van der Waals surface area contributed by atoms with Gasteiger partial charge in [-0.15, -0.1) is 0 Å². The topological polar surface area (TPSA) is 78.5 Å². The van der Waals surface area contributed by atoms with Crippen LogP contribution in [-0.4, -0.2) is 34.7 Å². The summed E-state index contributed by atoms with van der Waals surface area (Å²) in [7, 11) is 0. The van der Waals surface area contributed by atoms with E-state index in [1.807, 2.05) is 19.9 Å². The van der Waals surface area contributed by atoms with Crippen LogP contribution in [0.15, 0.2) is 18.2 Å². The van der Waals surface area contributed by atoms with E-state index >= 15 is 0 Å². The number of hydrogen-bond donors (Lipinski definition) is 2. The summed E-state index contributed by atoms with van der Waals surface area (Å²) in [4.78, 5) is 41.5. The standard InChI is InChI=1S/C21H26ClN3O3/c1-5-11(4)25-18(26)15-14(9-10(2)3)24-21(16(15)19(25)27)12-7-6-8-13(22)17(12)23-20(21)28/h6-8,10-11,14-16,24H,5,9H2,1-4H3,(H,23,28)/t11-,14-,15+,16-,21-/m0/s1. The second-order valence-electron chi connectivity index (χ2n) is 8.61. The SMILES string of the molecule is CC[C@H](C)N1C(=O)[C@@H]2[C@H](CC(C)C)N[C@]3(C(=O)Nc4c(Cl)cccc43)[C@@H]2C1=O. The van der Waals surface area contributed by atoms with E-state index in [0.29, 0.717) is 35.0 Å². The Morgan fingerprint density at radius 2 is 1.89 bits per heavy atom. The monoisotopic (exact) mass is 403 g/mol. The van der Waals surface area contributed by atoms with Gasteiger partial charge in [-0.2, -0.15) is 0 Å². The summed E-state index contributed by atoms with van der Waals surface area (Å²) >= 11 is 6.32. The molecule has 3 heterocycles. The van der Waals surface area contributed by atoms with Gasteiger partial charge in [-0.3, -0.25) is 24.6 Å². The number of fused-ring (bicyclic) bond motifs is 4. The van der Waals surface area contributed by atoms with Crippen LogP contribution >= 0.6 is 11.6 Å². The number of likely N-dealkylation sites (tertiary alicyclic amines) is 1. The van der Waals surface area contributed by atoms with E-state index in [2.05, 4.69) is 24.5 Å². The number of anilines is 1. The number of benzene rings is 1. The fourth-order valence-electron chi connectivity index (χ4n) is 5.14. The summed E-state index contributed by atoms with van der Waals surface area (Å²) in [6, 6.07) is 4.88. The quantitative estimate of drug-likeness (QED) is 0.757. The normalized spacial score (nSPS) is 32.3. The van der Waals surface area contributed by atoms with Crippen molar-refractivity contribution in [2.75, 3.05) is 5.32 Å². The van der Waals surface area contributed by atoms with E-state index in [1.165, 1.54) is 4.90 Å². The first-order valence-electron chi connectivity index (χ1n) is 9.99. The molecule has 7 heteroatoms. The van der Waals surface area contributed by atoms with Crippen molar-refractivity contribution < 1.29 is 14.4 Å². The molecule has 2 fully saturated rings. The highest BCUT2D eigenvalue weighted by molar-refractivity contribution is 6.35. The van der Waals surface area contributed by atoms with Gasteiger partial charge in [0.2, 0.25) is 17.7 Å². The number of carbonyl (C=O) groups is 3. The lowest BCUT2D eigenvalue weighted by Gasteiger charge is -2.31. The zero-order valence-corrected chi connectivity index (χ0v) is 17.3. The zero-order valence-electron chi connectivity index (χ0n) is 16.6. The van der Waals surface area contributed by atoms with Crippen molar-refractivity contribution in [2.45, 2.75) is 58.2 Å². The van der Waals surface area contributed by atoms with E-state index in [4.69, 9.17) is 11.6 Å². The predicted octanol–water partition coefficient (Wildman–Crippen LogP) is 2.91. The molecule has 3 aliphatic heterocycles. The van der Waals surface area contributed by atoms with Crippen LogP contribution in [0.25, 0.3) is 0 Å². The smallest absolute Gasteiger partial charge is 0.250 e. The summed E-state index contributed by atoms with van der Waals surface area (Å²) in [5.41, 5.74) is -0.0503. The van der Waals surface area contributed by atoms with Gasteiger partial charge >= 0.3 is 0 Å². The molecule has 0 unspecified atom stereocenters. The molecular formula is C21H26ClN3O3. The molecule has 1 aromatic carbocycles. The number of carbonyl (C=O) groups excluding carboxylic acids is 3. The second-order valence-corrected chi connectivity index (χ2v) is 9.02. The van der Waals surface area contributed by atoms with Gasteiger partial charge in [0.1, 0.15) is 5.54 Å². The first kappa shape index (κ1) is 19.4. The third-order valence-corrected chi connectivity index (χ3v) is 6.81. The molecule has 0 bridgehead atoms. The van der Waals surface area contributed by atoms with Gasteiger partial charge < -0.3 is 5.32 Å². The molecule has 6 nitrogen and oxygen atoms in total. The molecule has 3 aliphatic rings. The third kappa shape index (κ3) is 2.40. The average molecular weight is 404 g/mol. The molecule has 4 rings (SSSR count). The molecular weight excluding hydrogens is 378 g/mol. The van der Waals surface area contributed by atoms with E-state index < -0.39 is 17.4 Å². The maximum atomic E-state index is 13.5. The number of para-hydroxylation sites is 1. The van der Waals surface area contributed by atoms with Crippen LogP contribution in [0.3, 0.4) is 0 Å². The Labute approximate surface area is 170 Å². The molecule has 28 heavy (non-hydrogen) atoms. The summed E-state index contributed by atoms with van der Waals surface area (Å²) < 4.78 is 0. The Kier molecular flexibility index (Phi) is 4.55. The molecule has 2 N–H and O–H groups in total. The minimum atomic E-state index is -1.25. The summed E-state index contributed by atoms with van der Waals surface area (Å²) in [5, 5.41) is 6.73. The Morgan fingerprint density at radius 1 is 1.18 bits per heavy atom. The van der Waals surface area contributed by atoms with Crippen molar-refractivity contribution in [1.29, 1.82) is 0 Å². The van der Waals surface area contributed by atoms with Gasteiger partial charge in [0.05, 0.1) is 22.5 Å². The van der Waals surface area contributed by atoms with Crippen LogP contribution in [0.4, 0.5) is 5.69 Å². The van der Waals surface area contributed by atoms with Crippen LogP contribution in [0, 0.1) is 17.8 Å². The number of nitrogens with one attached hydrogen (secondary N) is 2. The zero-order chi connectivity index (χ0) is 20.4. The van der Waals surface area contributed by atoms with Crippen molar-refractivity contribution in [3.05, 3.63) is 28.8 Å². The largest absolute Gasteiger partial charge is 0.323 e. The molecule has 3 amide bonds. The van der Waals surface area contributed by atoms with Crippen LogP contribution < -0.4 is 10.6 Å². The lowest BCUT2D eigenvalue weighted by Crippen LogP contribution is -2.54. The number of halogens is 1. The van der Waals surface area contributed by atoms with Gasteiger partial charge in [0.15, 0.2) is 0 Å². The maximum absolute atomic E-state index is 13.5. The van der Waals surface area contributed by atoms with Gasteiger partial charge in [-0.1, -0.05) is 44.5 Å². The molecule has 0 saturated carbocycles. The minimum absolute atomic E-state index is 0.164. The van der Waals surface area contributed by atoms with Gasteiger partial charge in [-0.25, -0.2) is 0 Å². The lowest BCUT2D eigenvalue weighted by atomic mass is 9.76. The first-order chi connectivity index (χ1) is 13.2. The van der Waals surface area contributed by atoms with Crippen molar-refractivity contribution >= 4 is 35.0 Å². The van der Waals surface area contributed by atoms with Crippen molar-refractivity contribution in [3.8, 4) is 0 Å². The second kappa shape index (κ2) is 6.56. The Balaban J connectivity index is 1.89. The van der Waals surface area contributed by atoms with Gasteiger partial charge in [-0.05, 0) is 31.7 Å². The maximum Gasteiger partial charge on any atom is 0.250 e. The van der Waals surface area contributed by atoms with E-state index in [0.717, 1.165) is 0 Å². The molecule has 0 aromatic heterocycles. The Morgan fingerprint density at radius 3 is 2.54 bits per heavy atom. The molecule has 2 saturated heterocycles. The van der Waals surface area contributed by atoms with Crippen LogP contribution in [-0.2, 0) is 19.9 Å². The summed E-state index contributed by atoms with van der Waals surface area (Å²) in [6.45, 7) is 7.99. The molecule has 5 atom stereocenters. The highest BCUT2D eigenvalue weighted by atomic mass is 35.5. The molecule has 150 valence electrons. The predicted molar refractivity (Wildman–Crippen MR) is 107 cm³/mol. The number of hydrogen-bond acceptors (Lipinski definition) is 4. The van der Waals surface area contributed by atoms with Crippen molar-refractivity contribution in [2.24, 2.45) is 17.8 Å². The highest BCUT2D eigenvalue weighted by Crippen LogP contribution is 2.55. The van der Waals surface area contributed by atoms with E-state index in [-0.39, 0.29) is 29.8 Å². The average Bonchev–Trinajstić information content (AvgIpc) is 3.21. The third-order valence-electron chi connectivity index (χ3n) is 6.49.